The van der Waals surface area contributed by atoms with Gasteiger partial charge in [-0.2, -0.15) is 0 Å². The molecule has 1 saturated heterocycles. The molecule has 0 bridgehead atoms. The van der Waals surface area contributed by atoms with E-state index in [1.807, 2.05) is 30.0 Å². The summed E-state index contributed by atoms with van der Waals surface area (Å²) in [4.78, 5) is 26.4. The Morgan fingerprint density at radius 3 is 2.76 bits per heavy atom. The number of nitrogens with zero attached hydrogens (tertiary/aromatic N) is 1. The molecule has 2 atom stereocenters. The minimum atomic E-state index is -0.191. The van der Waals surface area contributed by atoms with Crippen molar-refractivity contribution in [1.82, 2.24) is 15.5 Å². The lowest BCUT2D eigenvalue weighted by atomic mass is 10.00. The molecule has 2 amide bonds. The first-order valence-electron chi connectivity index (χ1n) is 8.83. The first kappa shape index (κ1) is 17.4. The Morgan fingerprint density at radius 1 is 1.20 bits per heavy atom. The molecule has 0 aliphatic carbocycles. The molecule has 132 valence electrons. The molecule has 1 aliphatic rings. The van der Waals surface area contributed by atoms with Crippen molar-refractivity contribution in [3.8, 4) is 0 Å². The van der Waals surface area contributed by atoms with Crippen molar-refractivity contribution < 1.29 is 9.59 Å². The summed E-state index contributed by atoms with van der Waals surface area (Å²) in [5.74, 6) is -0.0522. The van der Waals surface area contributed by atoms with Crippen LogP contribution in [0.5, 0.6) is 0 Å². The molecular formula is C20H25N3O2. The Kier molecular flexibility index (Phi) is 5.34. The second kappa shape index (κ2) is 7.66. The number of carbonyl (C=O) groups excluding carboxylic acids is 2. The molecular weight excluding hydrogens is 314 g/mol. The fourth-order valence-electron chi connectivity index (χ4n) is 3.66. The first-order valence-corrected chi connectivity index (χ1v) is 8.83. The van der Waals surface area contributed by atoms with E-state index in [0.717, 1.165) is 30.3 Å². The van der Waals surface area contributed by atoms with Crippen molar-refractivity contribution >= 4 is 22.6 Å². The zero-order valence-electron chi connectivity index (χ0n) is 14.8. The number of fused-ring (bicyclic) bond motifs is 1. The van der Waals surface area contributed by atoms with Gasteiger partial charge in [0, 0.05) is 7.05 Å². The Balaban J connectivity index is 1.67. The van der Waals surface area contributed by atoms with E-state index in [2.05, 4.69) is 34.9 Å². The van der Waals surface area contributed by atoms with Crippen LogP contribution in [-0.2, 0) is 9.59 Å². The normalized spacial score (nSPS) is 18.9. The van der Waals surface area contributed by atoms with Crippen LogP contribution >= 0.6 is 0 Å². The van der Waals surface area contributed by atoms with E-state index >= 15 is 0 Å². The van der Waals surface area contributed by atoms with Crippen molar-refractivity contribution in [2.24, 2.45) is 0 Å². The summed E-state index contributed by atoms with van der Waals surface area (Å²) in [6, 6.07) is 14.1. The van der Waals surface area contributed by atoms with Gasteiger partial charge in [-0.3, -0.25) is 14.5 Å². The SMILES string of the molecule is CNC(=O)C1CCCN1CC(=O)NC(C)c1cccc2ccccc12. The lowest BCUT2D eigenvalue weighted by Crippen LogP contribution is -2.46. The minimum absolute atomic E-state index is 0.00704. The summed E-state index contributed by atoms with van der Waals surface area (Å²) in [5.41, 5.74) is 1.11. The zero-order valence-corrected chi connectivity index (χ0v) is 14.8. The van der Waals surface area contributed by atoms with Gasteiger partial charge in [-0.1, -0.05) is 42.5 Å². The van der Waals surface area contributed by atoms with E-state index in [1.165, 1.54) is 5.39 Å². The van der Waals surface area contributed by atoms with Crippen LogP contribution < -0.4 is 10.6 Å². The summed E-state index contributed by atoms with van der Waals surface area (Å²) < 4.78 is 0. The molecule has 1 heterocycles. The van der Waals surface area contributed by atoms with E-state index in [0.29, 0.717) is 0 Å². The van der Waals surface area contributed by atoms with E-state index in [9.17, 15) is 9.59 Å². The molecule has 0 saturated carbocycles. The maximum Gasteiger partial charge on any atom is 0.237 e. The lowest BCUT2D eigenvalue weighted by molar-refractivity contribution is -0.127. The van der Waals surface area contributed by atoms with Crippen molar-refractivity contribution in [2.45, 2.75) is 31.8 Å². The maximum absolute atomic E-state index is 12.5. The molecule has 1 fully saturated rings. The number of amides is 2. The second-order valence-electron chi connectivity index (χ2n) is 6.60. The second-order valence-corrected chi connectivity index (χ2v) is 6.60. The highest BCUT2D eigenvalue weighted by molar-refractivity contribution is 5.87. The van der Waals surface area contributed by atoms with Crippen molar-refractivity contribution in [3.05, 3.63) is 48.0 Å². The molecule has 5 nitrogen and oxygen atoms in total. The maximum atomic E-state index is 12.5. The van der Waals surface area contributed by atoms with Crippen molar-refractivity contribution in [1.29, 1.82) is 0 Å². The fourth-order valence-corrected chi connectivity index (χ4v) is 3.66. The van der Waals surface area contributed by atoms with Crippen molar-refractivity contribution in [2.75, 3.05) is 20.1 Å². The lowest BCUT2D eigenvalue weighted by Gasteiger charge is -2.24. The number of hydrogen-bond donors (Lipinski definition) is 2. The van der Waals surface area contributed by atoms with Gasteiger partial charge in [0.05, 0.1) is 18.6 Å². The summed E-state index contributed by atoms with van der Waals surface area (Å²) >= 11 is 0. The van der Waals surface area contributed by atoms with Crippen LogP contribution in [-0.4, -0.2) is 42.9 Å². The van der Waals surface area contributed by atoms with Crippen LogP contribution in [0.2, 0.25) is 0 Å². The monoisotopic (exact) mass is 339 g/mol. The Bertz CT molecular complexity index is 769. The summed E-state index contributed by atoms with van der Waals surface area (Å²) in [7, 11) is 1.64. The van der Waals surface area contributed by atoms with Crippen LogP contribution in [0.1, 0.15) is 31.4 Å². The molecule has 3 rings (SSSR count). The molecule has 2 unspecified atom stereocenters. The van der Waals surface area contributed by atoms with Crippen LogP contribution in [0.3, 0.4) is 0 Å². The molecule has 2 aromatic carbocycles. The molecule has 2 N–H and O–H groups in total. The largest absolute Gasteiger partial charge is 0.358 e. The van der Waals surface area contributed by atoms with Gasteiger partial charge < -0.3 is 10.6 Å². The smallest absolute Gasteiger partial charge is 0.237 e. The van der Waals surface area contributed by atoms with E-state index in [4.69, 9.17) is 0 Å². The highest BCUT2D eigenvalue weighted by Crippen LogP contribution is 2.24. The third kappa shape index (κ3) is 3.82. The van der Waals surface area contributed by atoms with Gasteiger partial charge in [0.25, 0.3) is 0 Å². The molecule has 0 radical (unpaired) electrons. The number of benzene rings is 2. The van der Waals surface area contributed by atoms with Gasteiger partial charge in [0.1, 0.15) is 0 Å². The van der Waals surface area contributed by atoms with Crippen LogP contribution in [0, 0.1) is 0 Å². The number of hydrogen-bond acceptors (Lipinski definition) is 3. The molecule has 0 spiro atoms. The summed E-state index contributed by atoms with van der Waals surface area (Å²) in [6.07, 6.45) is 1.76. The third-order valence-corrected chi connectivity index (χ3v) is 4.93. The molecule has 1 aliphatic heterocycles. The van der Waals surface area contributed by atoms with Crippen LogP contribution in [0.15, 0.2) is 42.5 Å². The van der Waals surface area contributed by atoms with E-state index in [-0.39, 0.29) is 30.4 Å². The average molecular weight is 339 g/mol. The topological polar surface area (TPSA) is 61.4 Å². The molecule has 25 heavy (non-hydrogen) atoms. The highest BCUT2D eigenvalue weighted by atomic mass is 16.2. The van der Waals surface area contributed by atoms with Gasteiger partial charge in [-0.15, -0.1) is 0 Å². The van der Waals surface area contributed by atoms with Gasteiger partial charge in [0.2, 0.25) is 11.8 Å². The number of nitrogens with one attached hydrogen (secondary N) is 2. The minimum Gasteiger partial charge on any atom is -0.358 e. The van der Waals surface area contributed by atoms with Gasteiger partial charge in [-0.25, -0.2) is 0 Å². The van der Waals surface area contributed by atoms with Crippen LogP contribution in [0.4, 0.5) is 0 Å². The Labute approximate surface area is 148 Å². The third-order valence-electron chi connectivity index (χ3n) is 4.93. The van der Waals surface area contributed by atoms with Gasteiger partial charge in [0.15, 0.2) is 0 Å². The van der Waals surface area contributed by atoms with Gasteiger partial charge >= 0.3 is 0 Å². The zero-order chi connectivity index (χ0) is 17.8. The Morgan fingerprint density at radius 2 is 1.96 bits per heavy atom. The van der Waals surface area contributed by atoms with Crippen molar-refractivity contribution in [3.63, 3.8) is 0 Å². The van der Waals surface area contributed by atoms with Gasteiger partial charge in [-0.05, 0) is 42.6 Å². The highest BCUT2D eigenvalue weighted by Gasteiger charge is 2.31. The summed E-state index contributed by atoms with van der Waals surface area (Å²) in [6.45, 7) is 3.04. The molecule has 2 aromatic rings. The fraction of sp³-hybridized carbons (Fsp3) is 0.400. The predicted molar refractivity (Wildman–Crippen MR) is 99.2 cm³/mol. The quantitative estimate of drug-likeness (QED) is 0.878. The van der Waals surface area contributed by atoms with E-state index < -0.39 is 0 Å². The molecule has 5 heteroatoms. The number of likely N-dealkylation sites (tertiary alicyclic amines) is 1. The average Bonchev–Trinajstić information content (AvgIpc) is 3.08. The Hall–Kier alpha value is -2.40. The summed E-state index contributed by atoms with van der Waals surface area (Å²) in [5, 5.41) is 8.09. The number of likely N-dealkylation sites (N-methyl/N-ethyl adjacent to an activating group) is 1. The van der Waals surface area contributed by atoms with E-state index in [1.54, 1.807) is 7.05 Å². The first-order chi connectivity index (χ1) is 12.1. The number of rotatable bonds is 5. The van der Waals surface area contributed by atoms with Crippen LogP contribution in [0.25, 0.3) is 10.8 Å². The standard InChI is InChI=1S/C20H25N3O2/c1-14(16-10-5-8-15-7-3-4-9-17(15)16)22-19(24)13-23-12-6-11-18(23)20(25)21-2/h3-5,7-10,14,18H,6,11-13H2,1-2H3,(H,21,25)(H,22,24). The predicted octanol–water partition coefficient (Wildman–Crippen LogP) is 2.23. The number of carbonyl (C=O) groups is 2. The molecule has 0 aromatic heterocycles.